The summed E-state index contributed by atoms with van der Waals surface area (Å²) in [6.07, 6.45) is 3.91. The second-order valence-electron chi connectivity index (χ2n) is 1.98. The Hall–Kier alpha value is -1.71. The Kier molecular flexibility index (Phi) is 2.95. The topological polar surface area (TPSA) is 40.5 Å². The number of ether oxygens (including phenoxy) is 1. The van der Waals surface area contributed by atoms with Gasteiger partial charge < -0.3 is 9.57 Å². The summed E-state index contributed by atoms with van der Waals surface area (Å²) < 4.78 is 5.82. The maximum absolute atomic E-state index is 10.8. The molecule has 0 unspecified atom stereocenters. The fourth-order valence-electron chi connectivity index (χ4n) is 0.619. The van der Waals surface area contributed by atoms with Gasteiger partial charge in [-0.3, -0.25) is 0 Å². The van der Waals surface area contributed by atoms with Gasteiger partial charge in [-0.2, -0.15) is 4.73 Å². The van der Waals surface area contributed by atoms with Gasteiger partial charge in [-0.05, 0) is 12.1 Å². The molecule has 0 fully saturated rings. The zero-order chi connectivity index (χ0) is 8.81. The normalized spacial score (nSPS) is 9.00. The first kappa shape index (κ1) is 8.39. The van der Waals surface area contributed by atoms with Crippen LogP contribution in [0, 0.1) is 0 Å². The average molecular weight is 167 g/mol. The number of rotatable bonds is 3. The summed E-state index contributed by atoms with van der Waals surface area (Å²) in [7, 11) is 0. The van der Waals surface area contributed by atoms with Crippen LogP contribution in [0.2, 0.25) is 0 Å². The monoisotopic (exact) mass is 167 g/mol. The highest BCUT2D eigenvalue weighted by atomic mass is 16.8. The minimum absolute atomic E-state index is 0.153. The molecule has 0 aliphatic carbocycles. The lowest BCUT2D eigenvalue weighted by atomic mass is 10.7. The van der Waals surface area contributed by atoms with Crippen molar-refractivity contribution < 1.29 is 14.4 Å². The van der Waals surface area contributed by atoms with Crippen LogP contribution in [0.25, 0.3) is 0 Å². The van der Waals surface area contributed by atoms with Gasteiger partial charge in [-0.25, -0.2) is 4.79 Å². The second-order valence-corrected chi connectivity index (χ2v) is 1.98. The second kappa shape index (κ2) is 4.23. The van der Waals surface area contributed by atoms with Gasteiger partial charge in [-0.1, -0.05) is 12.7 Å². The molecule has 0 saturated carbocycles. The summed E-state index contributed by atoms with van der Waals surface area (Å²) >= 11 is 0. The number of nitrogens with zero attached hydrogens (tertiary/aromatic N) is 1. The molecule has 1 aromatic rings. The molecular formula is C8H9NO3. The smallest absolute Gasteiger partial charge is 0.428 e. The Morgan fingerprint density at radius 2 is 2.17 bits per heavy atom. The fraction of sp³-hybridized carbons (Fsp3) is 0.125. The highest BCUT2D eigenvalue weighted by Gasteiger charge is 2.01. The third-order valence-electron chi connectivity index (χ3n) is 1.08. The van der Waals surface area contributed by atoms with E-state index in [1.807, 2.05) is 0 Å². The lowest BCUT2D eigenvalue weighted by molar-refractivity contribution is 0.0557. The molecule has 12 heavy (non-hydrogen) atoms. The first-order chi connectivity index (χ1) is 5.83. The van der Waals surface area contributed by atoms with E-state index in [9.17, 15) is 4.79 Å². The van der Waals surface area contributed by atoms with Crippen molar-refractivity contribution in [2.24, 2.45) is 0 Å². The van der Waals surface area contributed by atoms with Crippen LogP contribution >= 0.6 is 0 Å². The predicted octanol–water partition coefficient (Wildman–Crippen LogP) is 1.24. The van der Waals surface area contributed by atoms with Gasteiger partial charge in [0.1, 0.15) is 6.61 Å². The Morgan fingerprint density at radius 3 is 2.75 bits per heavy atom. The molecule has 0 amide bonds. The minimum atomic E-state index is -0.744. The van der Waals surface area contributed by atoms with E-state index in [4.69, 9.17) is 0 Å². The third-order valence-corrected chi connectivity index (χ3v) is 1.08. The van der Waals surface area contributed by atoms with Gasteiger partial charge in [0.25, 0.3) is 0 Å². The van der Waals surface area contributed by atoms with Gasteiger partial charge in [0, 0.05) is 12.4 Å². The van der Waals surface area contributed by atoms with E-state index >= 15 is 0 Å². The summed E-state index contributed by atoms with van der Waals surface area (Å²) in [4.78, 5) is 15.4. The largest absolute Gasteiger partial charge is 0.534 e. The average Bonchev–Trinajstić information content (AvgIpc) is 2.53. The molecule has 0 atom stereocenters. The molecule has 0 aliphatic rings. The maximum atomic E-state index is 10.8. The van der Waals surface area contributed by atoms with Crippen molar-refractivity contribution in [2.75, 3.05) is 6.61 Å². The molecule has 1 heterocycles. The van der Waals surface area contributed by atoms with Crippen molar-refractivity contribution >= 4 is 6.16 Å². The highest BCUT2D eigenvalue weighted by Crippen LogP contribution is 1.88. The molecule has 0 spiro atoms. The quantitative estimate of drug-likeness (QED) is 0.502. The molecule has 0 N–H and O–H groups in total. The Morgan fingerprint density at radius 1 is 1.50 bits per heavy atom. The van der Waals surface area contributed by atoms with E-state index in [2.05, 4.69) is 16.2 Å². The minimum Gasteiger partial charge on any atom is -0.428 e. The van der Waals surface area contributed by atoms with E-state index < -0.39 is 6.16 Å². The third kappa shape index (κ3) is 2.49. The van der Waals surface area contributed by atoms with E-state index in [1.165, 1.54) is 10.8 Å². The fourth-order valence-corrected chi connectivity index (χ4v) is 0.619. The maximum Gasteiger partial charge on any atom is 0.534 e. The van der Waals surface area contributed by atoms with Crippen LogP contribution in [0.4, 0.5) is 4.79 Å². The number of aromatic nitrogens is 1. The lowest BCUT2D eigenvalue weighted by Crippen LogP contribution is -2.19. The zero-order valence-corrected chi connectivity index (χ0v) is 6.47. The molecule has 4 nitrogen and oxygen atoms in total. The number of hydrogen-bond acceptors (Lipinski definition) is 3. The van der Waals surface area contributed by atoms with E-state index in [1.54, 1.807) is 24.5 Å². The molecule has 64 valence electrons. The van der Waals surface area contributed by atoms with Gasteiger partial charge >= 0.3 is 6.16 Å². The Labute approximate surface area is 70.0 Å². The molecule has 4 heteroatoms. The SMILES string of the molecule is C=CCOC(=O)On1cccc1. The first-order valence-electron chi connectivity index (χ1n) is 3.42. The van der Waals surface area contributed by atoms with Crippen molar-refractivity contribution in [3.05, 3.63) is 37.2 Å². The molecule has 0 aliphatic heterocycles. The molecule has 0 radical (unpaired) electrons. The van der Waals surface area contributed by atoms with E-state index in [0.29, 0.717) is 0 Å². The van der Waals surface area contributed by atoms with E-state index in [0.717, 1.165) is 0 Å². The van der Waals surface area contributed by atoms with Gasteiger partial charge in [0.15, 0.2) is 0 Å². The standard InChI is InChI=1S/C8H9NO3/c1-2-7-11-8(10)12-9-5-3-4-6-9/h2-6H,1,7H2. The molecule has 1 rings (SSSR count). The van der Waals surface area contributed by atoms with Gasteiger partial charge in [-0.15, -0.1) is 0 Å². The lowest BCUT2D eigenvalue weighted by Gasteiger charge is -2.02. The van der Waals surface area contributed by atoms with Crippen LogP contribution in [-0.4, -0.2) is 17.5 Å². The van der Waals surface area contributed by atoms with Crippen LogP contribution in [-0.2, 0) is 4.74 Å². The molecule has 1 aromatic heterocycles. The zero-order valence-electron chi connectivity index (χ0n) is 6.47. The Bertz CT molecular complexity index is 253. The summed E-state index contributed by atoms with van der Waals surface area (Å²) in [6.45, 7) is 3.54. The van der Waals surface area contributed by atoms with Gasteiger partial charge in [0.2, 0.25) is 0 Å². The van der Waals surface area contributed by atoms with Crippen LogP contribution in [0.3, 0.4) is 0 Å². The molecule has 0 bridgehead atoms. The van der Waals surface area contributed by atoms with Crippen LogP contribution in [0.5, 0.6) is 0 Å². The van der Waals surface area contributed by atoms with E-state index in [-0.39, 0.29) is 6.61 Å². The van der Waals surface area contributed by atoms with Gasteiger partial charge in [0.05, 0.1) is 0 Å². The molecular weight excluding hydrogens is 158 g/mol. The number of carbonyl (C=O) groups is 1. The van der Waals surface area contributed by atoms with Crippen LogP contribution in [0.1, 0.15) is 0 Å². The van der Waals surface area contributed by atoms with Crippen molar-refractivity contribution in [3.63, 3.8) is 0 Å². The molecule has 0 aromatic carbocycles. The van der Waals surface area contributed by atoms with Crippen molar-refractivity contribution in [3.8, 4) is 0 Å². The summed E-state index contributed by atoms with van der Waals surface area (Å²) in [6, 6.07) is 3.47. The molecule has 0 saturated heterocycles. The summed E-state index contributed by atoms with van der Waals surface area (Å²) in [5, 5.41) is 0. The predicted molar refractivity (Wildman–Crippen MR) is 42.6 cm³/mol. The highest BCUT2D eigenvalue weighted by molar-refractivity contribution is 5.60. The van der Waals surface area contributed by atoms with Crippen LogP contribution in [0.15, 0.2) is 37.2 Å². The van der Waals surface area contributed by atoms with Crippen molar-refractivity contribution in [1.29, 1.82) is 0 Å². The summed E-state index contributed by atoms with van der Waals surface area (Å²) in [5.74, 6) is 0. The summed E-state index contributed by atoms with van der Waals surface area (Å²) in [5.41, 5.74) is 0. The number of carbonyl (C=O) groups excluding carboxylic acids is 1. The Balaban J connectivity index is 2.32. The number of hydrogen-bond donors (Lipinski definition) is 0. The van der Waals surface area contributed by atoms with Crippen molar-refractivity contribution in [2.45, 2.75) is 0 Å². The van der Waals surface area contributed by atoms with Crippen molar-refractivity contribution in [1.82, 2.24) is 4.73 Å². The first-order valence-corrected chi connectivity index (χ1v) is 3.42. The van der Waals surface area contributed by atoms with Crippen LogP contribution < -0.4 is 4.84 Å².